The number of dihydropyridines is 1. The molecule has 1 atom stereocenters. The topological polar surface area (TPSA) is 120 Å². The fraction of sp³-hybridized carbons (Fsp3) is 0.172. The van der Waals surface area contributed by atoms with Crippen molar-refractivity contribution >= 4 is 55.9 Å². The van der Waals surface area contributed by atoms with Crippen molar-refractivity contribution in [3.63, 3.8) is 0 Å². The van der Waals surface area contributed by atoms with E-state index in [9.17, 15) is 14.9 Å². The van der Waals surface area contributed by atoms with Crippen LogP contribution in [-0.2, 0) is 16.0 Å². The number of nitriles is 1. The Morgan fingerprint density at radius 1 is 1.13 bits per heavy atom. The van der Waals surface area contributed by atoms with E-state index < -0.39 is 5.92 Å². The molecule has 39 heavy (non-hydrogen) atoms. The van der Waals surface area contributed by atoms with E-state index in [1.807, 2.05) is 48.5 Å². The third-order valence-electron chi connectivity index (χ3n) is 6.23. The Morgan fingerprint density at radius 2 is 1.92 bits per heavy atom. The average molecular weight is 556 g/mol. The van der Waals surface area contributed by atoms with Crippen molar-refractivity contribution < 1.29 is 14.0 Å². The van der Waals surface area contributed by atoms with Gasteiger partial charge >= 0.3 is 0 Å². The van der Waals surface area contributed by atoms with Crippen LogP contribution in [0.3, 0.4) is 0 Å². The van der Waals surface area contributed by atoms with E-state index in [1.54, 1.807) is 19.1 Å². The van der Waals surface area contributed by atoms with Crippen LogP contribution in [0.25, 0.3) is 10.2 Å². The van der Waals surface area contributed by atoms with Gasteiger partial charge in [-0.15, -0.1) is 0 Å². The number of thiazole rings is 1. The number of nitrogens with zero attached hydrogens (tertiary/aromatic N) is 2. The highest BCUT2D eigenvalue weighted by Gasteiger charge is 2.36. The maximum atomic E-state index is 13.5. The quantitative estimate of drug-likeness (QED) is 0.238. The normalized spacial score (nSPS) is 15.2. The van der Waals surface area contributed by atoms with Gasteiger partial charge in [0.15, 0.2) is 5.13 Å². The summed E-state index contributed by atoms with van der Waals surface area (Å²) < 4.78 is 6.66. The number of carbonyl (C=O) groups is 2. The molecule has 10 heteroatoms. The number of aryl methyl sites for hydroxylation is 1. The van der Waals surface area contributed by atoms with Gasteiger partial charge in [-0.2, -0.15) is 5.26 Å². The summed E-state index contributed by atoms with van der Waals surface area (Å²) in [6.07, 6.45) is 2.41. The van der Waals surface area contributed by atoms with Crippen molar-refractivity contribution in [2.75, 3.05) is 16.4 Å². The van der Waals surface area contributed by atoms with E-state index >= 15 is 0 Å². The highest BCUT2D eigenvalue weighted by Crippen LogP contribution is 2.41. The molecule has 3 N–H and O–H groups in total. The molecule has 0 saturated carbocycles. The van der Waals surface area contributed by atoms with Gasteiger partial charge in [0.1, 0.15) is 5.76 Å². The Morgan fingerprint density at radius 3 is 2.62 bits per heavy atom. The van der Waals surface area contributed by atoms with Gasteiger partial charge in [0.25, 0.3) is 5.91 Å². The Bertz CT molecular complexity index is 1600. The lowest BCUT2D eigenvalue weighted by Gasteiger charge is -2.28. The molecule has 2 amide bonds. The van der Waals surface area contributed by atoms with Gasteiger partial charge < -0.3 is 20.4 Å². The van der Waals surface area contributed by atoms with Crippen molar-refractivity contribution in [2.24, 2.45) is 0 Å². The number of carbonyl (C=O) groups excluding carboxylic acids is 2. The van der Waals surface area contributed by atoms with E-state index in [0.717, 1.165) is 16.6 Å². The standard InChI is InChI=1S/C29H25N5O3S2/c1-3-18-10-12-19(13-11-18)32-27(36)25-17(2)31-28(20(15-30)26(25)22-8-6-14-37-22)38-16-24(35)34-29-33-21-7-4-5-9-23(21)39-29/h4-14,26,31H,3,16H2,1-2H3,(H,32,36)(H,33,34,35)/t26-/m0/s1. The van der Waals surface area contributed by atoms with Gasteiger partial charge in [0, 0.05) is 11.4 Å². The van der Waals surface area contributed by atoms with Gasteiger partial charge in [0.05, 0.1) is 50.4 Å². The largest absolute Gasteiger partial charge is 0.468 e. The van der Waals surface area contributed by atoms with Crippen LogP contribution in [0.2, 0.25) is 0 Å². The summed E-state index contributed by atoms with van der Waals surface area (Å²) in [5.41, 5.74) is 3.91. The minimum Gasteiger partial charge on any atom is -0.468 e. The summed E-state index contributed by atoms with van der Waals surface area (Å²) in [6.45, 7) is 3.85. The fourth-order valence-electron chi connectivity index (χ4n) is 4.31. The molecule has 0 spiro atoms. The molecule has 0 bridgehead atoms. The number of rotatable bonds is 8. The van der Waals surface area contributed by atoms with Crippen molar-refractivity contribution in [2.45, 2.75) is 26.2 Å². The van der Waals surface area contributed by atoms with Crippen LogP contribution < -0.4 is 16.0 Å². The highest BCUT2D eigenvalue weighted by molar-refractivity contribution is 8.03. The summed E-state index contributed by atoms with van der Waals surface area (Å²) in [6, 6.07) is 21.0. The monoisotopic (exact) mass is 555 g/mol. The first kappa shape index (κ1) is 26.3. The van der Waals surface area contributed by atoms with Crippen LogP contribution >= 0.6 is 23.1 Å². The lowest BCUT2D eigenvalue weighted by Crippen LogP contribution is -2.31. The molecule has 5 rings (SSSR count). The molecule has 4 aromatic rings. The summed E-state index contributed by atoms with van der Waals surface area (Å²) >= 11 is 2.59. The smallest absolute Gasteiger partial charge is 0.254 e. The predicted octanol–water partition coefficient (Wildman–Crippen LogP) is 6.16. The van der Waals surface area contributed by atoms with Gasteiger partial charge in [-0.3, -0.25) is 9.59 Å². The number of benzene rings is 2. The number of hydrogen-bond acceptors (Lipinski definition) is 8. The Labute approximate surface area is 233 Å². The van der Waals surface area contributed by atoms with E-state index in [-0.39, 0.29) is 17.6 Å². The number of fused-ring (bicyclic) bond motifs is 1. The molecule has 0 radical (unpaired) electrons. The zero-order valence-electron chi connectivity index (χ0n) is 21.3. The van der Waals surface area contributed by atoms with Crippen molar-refractivity contribution in [1.29, 1.82) is 5.26 Å². The number of nitrogens with one attached hydrogen (secondary N) is 3. The van der Waals surface area contributed by atoms with E-state index in [0.29, 0.717) is 38.5 Å². The van der Waals surface area contributed by atoms with Gasteiger partial charge in [0.2, 0.25) is 5.91 Å². The maximum absolute atomic E-state index is 13.5. The van der Waals surface area contributed by atoms with Crippen molar-refractivity contribution in [1.82, 2.24) is 10.3 Å². The first-order chi connectivity index (χ1) is 19.0. The second-order valence-electron chi connectivity index (χ2n) is 8.79. The lowest BCUT2D eigenvalue weighted by atomic mass is 9.85. The number of aromatic nitrogens is 1. The third-order valence-corrected chi connectivity index (χ3v) is 8.20. The van der Waals surface area contributed by atoms with Crippen LogP contribution in [0.5, 0.6) is 0 Å². The Hall–Kier alpha value is -4.33. The third kappa shape index (κ3) is 5.74. The molecular weight excluding hydrogens is 530 g/mol. The molecule has 3 heterocycles. The van der Waals surface area contributed by atoms with Crippen LogP contribution in [0.1, 0.15) is 31.1 Å². The van der Waals surface area contributed by atoms with Gasteiger partial charge in [-0.1, -0.05) is 54.3 Å². The van der Waals surface area contributed by atoms with Crippen LogP contribution in [-0.4, -0.2) is 22.6 Å². The van der Waals surface area contributed by atoms with Gasteiger partial charge in [-0.25, -0.2) is 4.98 Å². The molecule has 0 unspecified atom stereocenters. The predicted molar refractivity (Wildman–Crippen MR) is 155 cm³/mol. The zero-order chi connectivity index (χ0) is 27.4. The molecule has 0 fully saturated rings. The van der Waals surface area contributed by atoms with E-state index in [1.165, 1.54) is 34.9 Å². The summed E-state index contributed by atoms with van der Waals surface area (Å²) in [4.78, 5) is 30.7. The molecule has 0 aliphatic carbocycles. The fourth-order valence-corrected chi connectivity index (χ4v) is 6.08. The molecule has 1 aliphatic heterocycles. The van der Waals surface area contributed by atoms with E-state index in [2.05, 4.69) is 33.9 Å². The second kappa shape index (κ2) is 11.6. The highest BCUT2D eigenvalue weighted by atomic mass is 32.2. The van der Waals surface area contributed by atoms with Crippen molar-refractivity contribution in [3.05, 3.63) is 100 Å². The molecule has 2 aromatic carbocycles. The second-order valence-corrected chi connectivity index (χ2v) is 10.8. The minimum atomic E-state index is -0.726. The van der Waals surface area contributed by atoms with Crippen LogP contribution in [0.4, 0.5) is 10.8 Å². The summed E-state index contributed by atoms with van der Waals surface area (Å²) in [5, 5.41) is 20.2. The number of hydrogen-bond donors (Lipinski definition) is 3. The minimum absolute atomic E-state index is 0.0485. The van der Waals surface area contributed by atoms with E-state index in [4.69, 9.17) is 4.42 Å². The average Bonchev–Trinajstić information content (AvgIpc) is 3.61. The Kier molecular flexibility index (Phi) is 7.81. The number of allylic oxidation sites excluding steroid dienone is 2. The maximum Gasteiger partial charge on any atom is 0.254 e. The molecule has 1 aliphatic rings. The van der Waals surface area contributed by atoms with Gasteiger partial charge in [-0.05, 0) is 55.3 Å². The molecule has 8 nitrogen and oxygen atoms in total. The van der Waals surface area contributed by atoms with Crippen LogP contribution in [0, 0.1) is 11.3 Å². The number of furan rings is 1. The zero-order valence-corrected chi connectivity index (χ0v) is 22.9. The number of anilines is 2. The number of thioether (sulfide) groups is 1. The molecule has 196 valence electrons. The molecule has 2 aromatic heterocycles. The first-order valence-corrected chi connectivity index (χ1v) is 14.1. The number of para-hydroxylation sites is 1. The number of amides is 2. The summed E-state index contributed by atoms with van der Waals surface area (Å²) in [5.74, 6) is -0.795. The van der Waals surface area contributed by atoms with Crippen LogP contribution in [0.15, 0.2) is 93.2 Å². The summed E-state index contributed by atoms with van der Waals surface area (Å²) in [7, 11) is 0. The molecular formula is C29H25N5O3S2. The lowest BCUT2D eigenvalue weighted by molar-refractivity contribution is -0.114. The first-order valence-electron chi connectivity index (χ1n) is 12.3. The molecule has 0 saturated heterocycles. The Balaban J connectivity index is 1.36. The van der Waals surface area contributed by atoms with Crippen molar-refractivity contribution in [3.8, 4) is 6.07 Å². The SMILES string of the molecule is CCc1ccc(NC(=O)C2=C(C)NC(SCC(=O)Nc3nc4ccccc4s3)=C(C#N)[C@H]2c2ccco2)cc1.